The number of carboxylic acids is 1. The second-order valence-electron chi connectivity index (χ2n) is 8.85. The molecule has 0 heterocycles. The fraction of sp³-hybridized carbons (Fsp3) is 0.286. The first kappa shape index (κ1) is 22.6. The average molecular weight is 444 g/mol. The minimum Gasteiger partial charge on any atom is -0.479 e. The molecular weight excluding hydrogens is 414 g/mol. The molecule has 0 aliphatic heterocycles. The topological polar surface area (TPSA) is 66.8 Å². The van der Waals surface area contributed by atoms with E-state index in [1.54, 1.807) is 0 Å². The van der Waals surface area contributed by atoms with Gasteiger partial charge in [0.2, 0.25) is 0 Å². The molecular formula is C28H29NO4. The molecule has 5 nitrogen and oxygen atoms in total. The number of ether oxygens (including phenoxy) is 1. The summed E-state index contributed by atoms with van der Waals surface area (Å²) in [4.78, 5) is 27.1. The summed E-state index contributed by atoms with van der Waals surface area (Å²) in [6.45, 7) is 7.51. The largest absolute Gasteiger partial charge is 0.479 e. The van der Waals surface area contributed by atoms with Gasteiger partial charge in [0.15, 0.2) is 6.04 Å². The van der Waals surface area contributed by atoms with Gasteiger partial charge in [-0.15, -0.1) is 0 Å². The van der Waals surface area contributed by atoms with Crippen LogP contribution in [0.2, 0.25) is 0 Å². The van der Waals surface area contributed by atoms with Crippen molar-refractivity contribution in [2.24, 2.45) is 0 Å². The number of aryl methyl sites for hydroxylation is 2. The number of carbonyl (C=O) groups excluding carboxylic acids is 1. The van der Waals surface area contributed by atoms with Crippen molar-refractivity contribution in [3.8, 4) is 11.1 Å². The highest BCUT2D eigenvalue weighted by atomic mass is 16.6. The van der Waals surface area contributed by atoms with E-state index in [4.69, 9.17) is 4.74 Å². The minimum absolute atomic E-state index is 0.0844. The van der Waals surface area contributed by atoms with E-state index in [1.807, 2.05) is 70.2 Å². The highest BCUT2D eigenvalue weighted by Gasteiger charge is 2.37. The van der Waals surface area contributed by atoms with Crippen LogP contribution in [-0.2, 0) is 9.53 Å². The van der Waals surface area contributed by atoms with Crippen LogP contribution in [0.25, 0.3) is 11.1 Å². The van der Waals surface area contributed by atoms with Crippen molar-refractivity contribution in [2.45, 2.75) is 45.7 Å². The predicted molar refractivity (Wildman–Crippen MR) is 128 cm³/mol. The highest BCUT2D eigenvalue weighted by Crippen LogP contribution is 2.44. The molecule has 1 aliphatic carbocycles. The molecule has 1 unspecified atom stereocenters. The Hall–Kier alpha value is -3.60. The lowest BCUT2D eigenvalue weighted by Gasteiger charge is -2.33. The van der Waals surface area contributed by atoms with Crippen LogP contribution in [0.15, 0.2) is 66.7 Å². The van der Waals surface area contributed by atoms with Crippen molar-refractivity contribution in [2.75, 3.05) is 6.61 Å². The van der Waals surface area contributed by atoms with Gasteiger partial charge in [-0.3, -0.25) is 4.90 Å². The molecule has 1 atom stereocenters. The summed E-state index contributed by atoms with van der Waals surface area (Å²) in [6.07, 6.45) is -0.623. The van der Waals surface area contributed by atoms with Gasteiger partial charge in [-0.2, -0.15) is 0 Å². The SMILES string of the molecule is Cc1cccc(C)c1C(C(=O)O)N(C(=O)OCC1c2ccccc2-c2ccccc21)C(C)C. The predicted octanol–water partition coefficient (Wildman–Crippen LogP) is 6.09. The third-order valence-electron chi connectivity index (χ3n) is 6.43. The lowest BCUT2D eigenvalue weighted by atomic mass is 9.94. The summed E-state index contributed by atoms with van der Waals surface area (Å²) in [6, 6.07) is 20.4. The first-order chi connectivity index (χ1) is 15.8. The number of hydrogen-bond donors (Lipinski definition) is 1. The van der Waals surface area contributed by atoms with Crippen LogP contribution in [0.5, 0.6) is 0 Å². The van der Waals surface area contributed by atoms with Crippen molar-refractivity contribution in [1.82, 2.24) is 4.90 Å². The highest BCUT2D eigenvalue weighted by molar-refractivity contribution is 5.83. The zero-order valence-electron chi connectivity index (χ0n) is 19.4. The molecule has 1 aliphatic rings. The first-order valence-corrected chi connectivity index (χ1v) is 11.2. The molecule has 1 N–H and O–H groups in total. The summed E-state index contributed by atoms with van der Waals surface area (Å²) in [5.41, 5.74) is 6.83. The molecule has 0 radical (unpaired) electrons. The number of aliphatic carboxylic acids is 1. The van der Waals surface area contributed by atoms with Gasteiger partial charge in [0.25, 0.3) is 0 Å². The monoisotopic (exact) mass is 443 g/mol. The normalized spacial score (nSPS) is 13.4. The second kappa shape index (κ2) is 9.10. The molecule has 4 rings (SSSR count). The Labute approximate surface area is 194 Å². The summed E-state index contributed by atoms with van der Waals surface area (Å²) >= 11 is 0. The molecule has 0 saturated heterocycles. The molecule has 0 saturated carbocycles. The van der Waals surface area contributed by atoms with Gasteiger partial charge >= 0.3 is 12.1 Å². The molecule has 33 heavy (non-hydrogen) atoms. The van der Waals surface area contributed by atoms with Gasteiger partial charge < -0.3 is 9.84 Å². The summed E-state index contributed by atoms with van der Waals surface area (Å²) < 4.78 is 5.82. The molecule has 170 valence electrons. The maximum atomic E-state index is 13.3. The molecule has 0 bridgehead atoms. The Kier molecular flexibility index (Phi) is 6.23. The van der Waals surface area contributed by atoms with E-state index in [0.717, 1.165) is 33.4 Å². The van der Waals surface area contributed by atoms with Crippen molar-refractivity contribution in [1.29, 1.82) is 0 Å². The molecule has 3 aromatic carbocycles. The lowest BCUT2D eigenvalue weighted by Crippen LogP contribution is -2.44. The van der Waals surface area contributed by atoms with Crippen LogP contribution in [0.3, 0.4) is 0 Å². The maximum Gasteiger partial charge on any atom is 0.411 e. The zero-order valence-corrected chi connectivity index (χ0v) is 19.4. The Morgan fingerprint density at radius 2 is 1.39 bits per heavy atom. The van der Waals surface area contributed by atoms with E-state index < -0.39 is 18.1 Å². The van der Waals surface area contributed by atoms with E-state index in [2.05, 4.69) is 24.3 Å². The van der Waals surface area contributed by atoms with Gasteiger partial charge in [0.05, 0.1) is 0 Å². The molecule has 0 aromatic heterocycles. The van der Waals surface area contributed by atoms with Crippen LogP contribution in [0.4, 0.5) is 4.79 Å². The number of benzene rings is 3. The van der Waals surface area contributed by atoms with Crippen LogP contribution in [0, 0.1) is 13.8 Å². The van der Waals surface area contributed by atoms with Crippen molar-refractivity contribution < 1.29 is 19.4 Å². The number of nitrogens with zero attached hydrogens (tertiary/aromatic N) is 1. The number of rotatable bonds is 6. The van der Waals surface area contributed by atoms with E-state index in [0.29, 0.717) is 5.56 Å². The zero-order chi connectivity index (χ0) is 23.7. The Bertz CT molecular complexity index is 1130. The summed E-state index contributed by atoms with van der Waals surface area (Å²) in [7, 11) is 0. The van der Waals surface area contributed by atoms with Gasteiger partial charge in [-0.1, -0.05) is 66.7 Å². The number of amides is 1. The summed E-state index contributed by atoms with van der Waals surface area (Å²) in [5, 5.41) is 10.1. The Balaban J connectivity index is 1.63. The van der Waals surface area contributed by atoms with E-state index in [1.165, 1.54) is 4.90 Å². The number of carboxylic acid groups (broad SMARTS) is 1. The third-order valence-corrected chi connectivity index (χ3v) is 6.43. The van der Waals surface area contributed by atoms with Crippen LogP contribution in [-0.4, -0.2) is 34.7 Å². The van der Waals surface area contributed by atoms with Crippen molar-refractivity contribution >= 4 is 12.1 Å². The second-order valence-corrected chi connectivity index (χ2v) is 8.85. The molecule has 0 spiro atoms. The Morgan fingerprint density at radius 1 is 0.879 bits per heavy atom. The van der Waals surface area contributed by atoms with Crippen molar-refractivity contribution in [3.05, 3.63) is 94.5 Å². The van der Waals surface area contributed by atoms with E-state index in [-0.39, 0.29) is 18.6 Å². The Morgan fingerprint density at radius 3 is 1.88 bits per heavy atom. The summed E-state index contributed by atoms with van der Waals surface area (Å²) in [5.74, 6) is -1.16. The average Bonchev–Trinajstić information content (AvgIpc) is 3.10. The van der Waals surface area contributed by atoms with Gasteiger partial charge in [0.1, 0.15) is 6.61 Å². The van der Waals surface area contributed by atoms with Gasteiger partial charge in [0, 0.05) is 12.0 Å². The number of carbonyl (C=O) groups is 2. The fourth-order valence-electron chi connectivity index (χ4n) is 4.92. The maximum absolute atomic E-state index is 13.3. The van der Waals surface area contributed by atoms with Crippen LogP contribution >= 0.6 is 0 Å². The standard InChI is InChI=1S/C28H29NO4/c1-17(2)29(26(27(30)31)25-18(3)10-9-11-19(25)4)28(32)33-16-24-22-14-7-5-12-20(22)21-13-6-8-15-23(21)24/h5-15,17,24,26H,16H2,1-4H3,(H,30,31). The molecule has 1 amide bonds. The van der Waals surface area contributed by atoms with Gasteiger partial charge in [-0.25, -0.2) is 9.59 Å². The van der Waals surface area contributed by atoms with Crippen molar-refractivity contribution in [3.63, 3.8) is 0 Å². The van der Waals surface area contributed by atoms with E-state index >= 15 is 0 Å². The van der Waals surface area contributed by atoms with Gasteiger partial charge in [-0.05, 0) is 66.6 Å². The number of fused-ring (bicyclic) bond motifs is 3. The molecule has 5 heteroatoms. The molecule has 3 aromatic rings. The molecule has 0 fully saturated rings. The number of hydrogen-bond acceptors (Lipinski definition) is 3. The first-order valence-electron chi connectivity index (χ1n) is 11.2. The van der Waals surface area contributed by atoms with E-state index in [9.17, 15) is 14.7 Å². The quantitative estimate of drug-likeness (QED) is 0.501. The lowest BCUT2D eigenvalue weighted by molar-refractivity contribution is -0.143. The third kappa shape index (κ3) is 4.11. The van der Waals surface area contributed by atoms with Crippen LogP contribution in [0.1, 0.15) is 53.6 Å². The van der Waals surface area contributed by atoms with Crippen LogP contribution < -0.4 is 0 Å². The fourth-order valence-corrected chi connectivity index (χ4v) is 4.92. The smallest absolute Gasteiger partial charge is 0.411 e. The minimum atomic E-state index is -1.12.